The van der Waals surface area contributed by atoms with Crippen LogP contribution < -0.4 is 5.32 Å². The molecule has 1 heterocycles. The Kier molecular flexibility index (Phi) is 3.73. The molecule has 1 aliphatic rings. The summed E-state index contributed by atoms with van der Waals surface area (Å²) in [7, 11) is 0. The summed E-state index contributed by atoms with van der Waals surface area (Å²) in [5.41, 5.74) is 1.21. The lowest BCUT2D eigenvalue weighted by Crippen LogP contribution is -2.23. The average molecular weight is 204 g/mol. The van der Waals surface area contributed by atoms with Crippen LogP contribution in [0.2, 0.25) is 0 Å². The maximum atomic E-state index is 4.45. The quantitative estimate of drug-likeness (QED) is 0.770. The predicted octanol–water partition coefficient (Wildman–Crippen LogP) is 2.92. The Balaban J connectivity index is 1.96. The van der Waals surface area contributed by atoms with Crippen molar-refractivity contribution in [3.8, 4) is 0 Å². The van der Waals surface area contributed by atoms with Gasteiger partial charge in [0.05, 0.1) is 5.69 Å². The molecule has 0 aliphatic heterocycles. The molecule has 0 aromatic carbocycles. The Hall–Kier alpha value is -0.890. The molecule has 1 N–H and O–H groups in total. The van der Waals surface area contributed by atoms with Crippen LogP contribution in [0.4, 0.5) is 0 Å². The van der Waals surface area contributed by atoms with Gasteiger partial charge in [-0.3, -0.25) is 4.98 Å². The van der Waals surface area contributed by atoms with Gasteiger partial charge in [0, 0.05) is 12.2 Å². The smallest absolute Gasteiger partial charge is 0.0573 e. The zero-order chi connectivity index (χ0) is 10.5. The lowest BCUT2D eigenvalue weighted by Gasteiger charge is -2.17. The highest BCUT2D eigenvalue weighted by molar-refractivity contribution is 5.09. The molecule has 1 saturated carbocycles. The number of hydrogen-bond donors (Lipinski definition) is 1. The van der Waals surface area contributed by atoms with Crippen molar-refractivity contribution in [1.82, 2.24) is 10.3 Å². The number of nitrogens with zero attached hydrogens (tertiary/aromatic N) is 1. The molecular weight excluding hydrogens is 184 g/mol. The first-order chi connectivity index (χ1) is 7.40. The summed E-state index contributed by atoms with van der Waals surface area (Å²) in [6.45, 7) is 3.30. The summed E-state index contributed by atoms with van der Waals surface area (Å²) in [5, 5.41) is 3.59. The van der Waals surface area contributed by atoms with Crippen molar-refractivity contribution in [3.05, 3.63) is 30.1 Å². The molecule has 1 aromatic heterocycles. The van der Waals surface area contributed by atoms with Crippen LogP contribution in [0, 0.1) is 5.92 Å². The van der Waals surface area contributed by atoms with Gasteiger partial charge in [-0.05, 0) is 37.4 Å². The standard InChI is InChI=1S/C13H20N2/c1-2-8-14-13(10-11-6-7-11)12-5-3-4-9-15-12/h3-5,9,11,13-14H,2,6-8,10H2,1H3. The SMILES string of the molecule is CCCNC(CC1CC1)c1ccccn1. The Bertz CT molecular complexity index is 280. The van der Waals surface area contributed by atoms with Crippen molar-refractivity contribution in [1.29, 1.82) is 0 Å². The zero-order valence-electron chi connectivity index (χ0n) is 9.45. The fourth-order valence-corrected chi connectivity index (χ4v) is 1.90. The second-order valence-corrected chi connectivity index (χ2v) is 4.44. The minimum absolute atomic E-state index is 0.471. The number of rotatable bonds is 6. The van der Waals surface area contributed by atoms with E-state index in [0.29, 0.717) is 6.04 Å². The van der Waals surface area contributed by atoms with Crippen LogP contribution in [-0.2, 0) is 0 Å². The zero-order valence-corrected chi connectivity index (χ0v) is 9.45. The van der Waals surface area contributed by atoms with E-state index in [-0.39, 0.29) is 0 Å². The number of aromatic nitrogens is 1. The van der Waals surface area contributed by atoms with Gasteiger partial charge in [-0.25, -0.2) is 0 Å². The molecule has 0 saturated heterocycles. The first kappa shape index (κ1) is 10.6. The molecule has 2 heteroatoms. The first-order valence-corrected chi connectivity index (χ1v) is 6.04. The Morgan fingerprint density at radius 3 is 2.93 bits per heavy atom. The van der Waals surface area contributed by atoms with E-state index in [4.69, 9.17) is 0 Å². The van der Waals surface area contributed by atoms with Gasteiger partial charge < -0.3 is 5.32 Å². The first-order valence-electron chi connectivity index (χ1n) is 6.04. The average Bonchev–Trinajstić information content (AvgIpc) is 3.09. The lowest BCUT2D eigenvalue weighted by molar-refractivity contribution is 0.464. The van der Waals surface area contributed by atoms with Gasteiger partial charge in [0.25, 0.3) is 0 Å². The highest BCUT2D eigenvalue weighted by Gasteiger charge is 2.26. The van der Waals surface area contributed by atoms with Gasteiger partial charge in [-0.2, -0.15) is 0 Å². The molecule has 0 amide bonds. The summed E-state index contributed by atoms with van der Waals surface area (Å²) in [4.78, 5) is 4.45. The predicted molar refractivity (Wildman–Crippen MR) is 62.6 cm³/mol. The highest BCUT2D eigenvalue weighted by atomic mass is 14.9. The van der Waals surface area contributed by atoms with E-state index in [1.54, 1.807) is 0 Å². The molecule has 1 aromatic rings. The molecule has 2 rings (SSSR count). The van der Waals surface area contributed by atoms with Crippen molar-refractivity contribution < 1.29 is 0 Å². The third-order valence-corrected chi connectivity index (χ3v) is 2.95. The number of pyridine rings is 1. The fourth-order valence-electron chi connectivity index (χ4n) is 1.90. The van der Waals surface area contributed by atoms with E-state index in [9.17, 15) is 0 Å². The fraction of sp³-hybridized carbons (Fsp3) is 0.615. The third kappa shape index (κ3) is 3.31. The van der Waals surface area contributed by atoms with Crippen molar-refractivity contribution in [3.63, 3.8) is 0 Å². The van der Waals surface area contributed by atoms with Gasteiger partial charge in [0.1, 0.15) is 0 Å². The minimum Gasteiger partial charge on any atom is -0.309 e. The summed E-state index contributed by atoms with van der Waals surface area (Å²) < 4.78 is 0. The third-order valence-electron chi connectivity index (χ3n) is 2.95. The topological polar surface area (TPSA) is 24.9 Å². The van der Waals surface area contributed by atoms with E-state index in [1.165, 1.54) is 31.4 Å². The summed E-state index contributed by atoms with van der Waals surface area (Å²) >= 11 is 0. The van der Waals surface area contributed by atoms with Crippen LogP contribution in [-0.4, -0.2) is 11.5 Å². The van der Waals surface area contributed by atoms with Gasteiger partial charge in [0.15, 0.2) is 0 Å². The van der Waals surface area contributed by atoms with E-state index in [1.807, 2.05) is 12.3 Å². The number of hydrogen-bond acceptors (Lipinski definition) is 2. The lowest BCUT2D eigenvalue weighted by atomic mass is 10.1. The molecule has 15 heavy (non-hydrogen) atoms. The molecule has 82 valence electrons. The van der Waals surface area contributed by atoms with Crippen LogP contribution in [0.25, 0.3) is 0 Å². The number of nitrogens with one attached hydrogen (secondary N) is 1. The van der Waals surface area contributed by atoms with Crippen LogP contribution in [0.3, 0.4) is 0 Å². The second kappa shape index (κ2) is 5.26. The summed E-state index contributed by atoms with van der Waals surface area (Å²) in [6.07, 6.45) is 7.17. The normalized spacial score (nSPS) is 17.7. The highest BCUT2D eigenvalue weighted by Crippen LogP contribution is 2.37. The molecule has 0 bridgehead atoms. The Morgan fingerprint density at radius 1 is 1.47 bits per heavy atom. The summed E-state index contributed by atoms with van der Waals surface area (Å²) in [6, 6.07) is 6.67. The van der Waals surface area contributed by atoms with Gasteiger partial charge in [-0.1, -0.05) is 25.8 Å². The Morgan fingerprint density at radius 2 is 2.33 bits per heavy atom. The monoisotopic (exact) mass is 204 g/mol. The second-order valence-electron chi connectivity index (χ2n) is 4.44. The molecule has 1 aliphatic carbocycles. The van der Waals surface area contributed by atoms with Crippen LogP contribution in [0.5, 0.6) is 0 Å². The molecule has 1 unspecified atom stereocenters. The minimum atomic E-state index is 0.471. The largest absolute Gasteiger partial charge is 0.309 e. The van der Waals surface area contributed by atoms with Crippen LogP contribution in [0.15, 0.2) is 24.4 Å². The van der Waals surface area contributed by atoms with E-state index < -0.39 is 0 Å². The maximum absolute atomic E-state index is 4.45. The molecule has 0 radical (unpaired) electrons. The van der Waals surface area contributed by atoms with E-state index in [2.05, 4.69) is 29.4 Å². The van der Waals surface area contributed by atoms with Crippen LogP contribution >= 0.6 is 0 Å². The molecular formula is C13H20N2. The van der Waals surface area contributed by atoms with Crippen molar-refractivity contribution in [2.45, 2.75) is 38.6 Å². The molecule has 2 nitrogen and oxygen atoms in total. The molecule has 1 fully saturated rings. The van der Waals surface area contributed by atoms with Gasteiger partial charge in [-0.15, -0.1) is 0 Å². The molecule has 1 atom stereocenters. The summed E-state index contributed by atoms with van der Waals surface area (Å²) in [5.74, 6) is 0.946. The van der Waals surface area contributed by atoms with Crippen molar-refractivity contribution >= 4 is 0 Å². The molecule has 0 spiro atoms. The van der Waals surface area contributed by atoms with Gasteiger partial charge in [0.2, 0.25) is 0 Å². The Labute approximate surface area is 92.1 Å². The van der Waals surface area contributed by atoms with Crippen LogP contribution in [0.1, 0.15) is 44.3 Å². The maximum Gasteiger partial charge on any atom is 0.0573 e. The van der Waals surface area contributed by atoms with Crippen molar-refractivity contribution in [2.75, 3.05) is 6.54 Å². The van der Waals surface area contributed by atoms with E-state index in [0.717, 1.165) is 12.5 Å². The van der Waals surface area contributed by atoms with Gasteiger partial charge >= 0.3 is 0 Å². The van der Waals surface area contributed by atoms with Crippen molar-refractivity contribution in [2.24, 2.45) is 5.92 Å². The van der Waals surface area contributed by atoms with E-state index >= 15 is 0 Å².